The molecule has 33 heavy (non-hydrogen) atoms. The Morgan fingerprint density at radius 2 is 2.06 bits per heavy atom. The molecular weight excluding hydrogens is 448 g/mol. The van der Waals surface area contributed by atoms with E-state index in [4.69, 9.17) is 4.74 Å². The number of nitro groups is 1. The van der Waals surface area contributed by atoms with Crippen LogP contribution in [0.1, 0.15) is 24.4 Å². The molecule has 2 aromatic heterocycles. The maximum Gasteiger partial charge on any atom is 0.288 e. The van der Waals surface area contributed by atoms with E-state index in [2.05, 4.69) is 29.7 Å². The van der Waals surface area contributed by atoms with Gasteiger partial charge in [0.05, 0.1) is 16.4 Å². The minimum Gasteiger partial charge on any atom is -0.359 e. The molecule has 1 aliphatic heterocycles. The smallest absolute Gasteiger partial charge is 0.288 e. The molecule has 8 nitrogen and oxygen atoms in total. The zero-order valence-electron chi connectivity index (χ0n) is 18.9. The van der Waals surface area contributed by atoms with Crippen molar-refractivity contribution in [3.8, 4) is 0 Å². The summed E-state index contributed by atoms with van der Waals surface area (Å²) in [4.78, 5) is 17.0. The summed E-state index contributed by atoms with van der Waals surface area (Å²) in [5.41, 5.74) is 0.546. The number of rotatable bonds is 8. The third kappa shape index (κ3) is 5.03. The molecule has 0 unspecified atom stereocenters. The summed E-state index contributed by atoms with van der Waals surface area (Å²) in [5, 5.41) is 16.5. The highest BCUT2D eigenvalue weighted by molar-refractivity contribution is 6.76. The Balaban J connectivity index is 1.71. The molecule has 11 heteroatoms. The highest BCUT2D eigenvalue weighted by Gasteiger charge is 2.32. The van der Waals surface area contributed by atoms with Crippen molar-refractivity contribution in [2.24, 2.45) is 0 Å². The number of pyridine rings is 1. The van der Waals surface area contributed by atoms with Gasteiger partial charge in [0, 0.05) is 32.9 Å². The predicted octanol–water partition coefficient (Wildman–Crippen LogP) is 5.27. The number of fused-ring (bicyclic) bond motifs is 1. The van der Waals surface area contributed by atoms with Crippen molar-refractivity contribution in [1.29, 1.82) is 0 Å². The Hall–Kier alpha value is -2.92. The Labute approximate surface area is 191 Å². The van der Waals surface area contributed by atoms with E-state index < -0.39 is 30.7 Å². The van der Waals surface area contributed by atoms with E-state index in [1.165, 1.54) is 18.3 Å². The summed E-state index contributed by atoms with van der Waals surface area (Å²) in [6.45, 7) is 8.08. The van der Waals surface area contributed by atoms with Crippen LogP contribution < -0.4 is 4.90 Å². The first-order chi connectivity index (χ1) is 15.6. The van der Waals surface area contributed by atoms with Crippen LogP contribution in [-0.4, -0.2) is 40.9 Å². The van der Waals surface area contributed by atoms with Gasteiger partial charge < -0.3 is 9.64 Å². The lowest BCUT2D eigenvalue weighted by Gasteiger charge is -2.25. The molecule has 4 rings (SSSR count). The summed E-state index contributed by atoms with van der Waals surface area (Å²) < 4.78 is 35.9. The molecule has 1 saturated heterocycles. The van der Waals surface area contributed by atoms with E-state index in [9.17, 15) is 18.9 Å². The molecule has 3 heterocycles. The predicted molar refractivity (Wildman–Crippen MR) is 124 cm³/mol. The first-order valence-electron chi connectivity index (χ1n) is 10.9. The van der Waals surface area contributed by atoms with Gasteiger partial charge in [0.25, 0.3) is 5.69 Å². The third-order valence-corrected chi connectivity index (χ3v) is 7.52. The van der Waals surface area contributed by atoms with Gasteiger partial charge in [-0.25, -0.2) is 18.4 Å². The summed E-state index contributed by atoms with van der Waals surface area (Å²) in [6, 6.07) is 5.41. The van der Waals surface area contributed by atoms with Crippen LogP contribution in [0.15, 0.2) is 30.5 Å². The molecule has 0 aliphatic carbocycles. The maximum atomic E-state index is 14.6. The summed E-state index contributed by atoms with van der Waals surface area (Å²) in [5.74, 6) is -0.543. The van der Waals surface area contributed by atoms with E-state index in [0.29, 0.717) is 36.4 Å². The van der Waals surface area contributed by atoms with E-state index in [-0.39, 0.29) is 18.0 Å². The van der Waals surface area contributed by atoms with Gasteiger partial charge in [0.2, 0.25) is 0 Å². The second-order valence-electron chi connectivity index (χ2n) is 9.51. The number of hydrogen-bond acceptors (Lipinski definition) is 6. The maximum absolute atomic E-state index is 14.6. The standard InChI is InChI=1S/C22H27F2N5O3Si/c1-33(2,3)10-9-32-14-28-21-18(12-16(13-25-21)29(30)31)22(26-28)27-8-4-5-20(27)17-11-15(23)6-7-19(17)24/h6-7,11-13,20H,4-5,8-10,14H2,1-3H3/t20-/m1/s1. The van der Waals surface area contributed by atoms with Gasteiger partial charge in [0.15, 0.2) is 11.5 Å². The average molecular weight is 476 g/mol. The number of nitrogens with zero attached hydrogens (tertiary/aromatic N) is 5. The Morgan fingerprint density at radius 1 is 1.27 bits per heavy atom. The zero-order valence-corrected chi connectivity index (χ0v) is 19.9. The van der Waals surface area contributed by atoms with E-state index >= 15 is 0 Å². The number of benzene rings is 1. The van der Waals surface area contributed by atoms with Crippen molar-refractivity contribution in [3.63, 3.8) is 0 Å². The highest BCUT2D eigenvalue weighted by atomic mass is 28.3. The molecule has 1 aromatic carbocycles. The monoisotopic (exact) mass is 475 g/mol. The van der Waals surface area contributed by atoms with E-state index in [1.807, 2.05) is 4.90 Å². The molecule has 0 amide bonds. The lowest BCUT2D eigenvalue weighted by atomic mass is 10.0. The van der Waals surface area contributed by atoms with Crippen LogP contribution in [-0.2, 0) is 11.5 Å². The van der Waals surface area contributed by atoms with Crippen LogP contribution in [0.2, 0.25) is 25.7 Å². The van der Waals surface area contributed by atoms with Gasteiger partial charge in [-0.15, -0.1) is 0 Å². The Bertz CT molecular complexity index is 1180. The van der Waals surface area contributed by atoms with Crippen LogP contribution >= 0.6 is 0 Å². The molecule has 1 atom stereocenters. The first-order valence-corrected chi connectivity index (χ1v) is 14.6. The second kappa shape index (κ2) is 9.14. The van der Waals surface area contributed by atoms with Crippen molar-refractivity contribution in [2.75, 3.05) is 18.1 Å². The van der Waals surface area contributed by atoms with Crippen LogP contribution in [0, 0.1) is 21.7 Å². The minimum atomic E-state index is -1.26. The molecule has 0 saturated carbocycles. The third-order valence-electron chi connectivity index (χ3n) is 5.82. The Kier molecular flexibility index (Phi) is 6.44. The lowest BCUT2D eigenvalue weighted by molar-refractivity contribution is -0.385. The van der Waals surface area contributed by atoms with Crippen molar-refractivity contribution < 1.29 is 18.4 Å². The highest BCUT2D eigenvalue weighted by Crippen LogP contribution is 2.40. The first kappa shape index (κ1) is 23.2. The second-order valence-corrected chi connectivity index (χ2v) is 15.1. The lowest BCUT2D eigenvalue weighted by Crippen LogP contribution is -2.24. The molecule has 0 radical (unpaired) electrons. The fourth-order valence-corrected chi connectivity index (χ4v) is 4.83. The zero-order chi connectivity index (χ0) is 23.8. The quantitative estimate of drug-likeness (QED) is 0.191. The van der Waals surface area contributed by atoms with Crippen LogP contribution in [0.3, 0.4) is 0 Å². The fourth-order valence-electron chi connectivity index (χ4n) is 4.08. The largest absolute Gasteiger partial charge is 0.359 e. The number of halogens is 2. The van der Waals surface area contributed by atoms with Gasteiger partial charge in [0.1, 0.15) is 24.6 Å². The van der Waals surface area contributed by atoms with Crippen LogP contribution in [0.25, 0.3) is 11.0 Å². The number of aromatic nitrogens is 3. The molecule has 0 spiro atoms. The van der Waals surface area contributed by atoms with E-state index in [0.717, 1.165) is 24.6 Å². The fraction of sp³-hybridized carbons (Fsp3) is 0.455. The van der Waals surface area contributed by atoms with Gasteiger partial charge in [-0.3, -0.25) is 10.1 Å². The molecule has 1 aliphatic rings. The molecule has 1 fully saturated rings. The number of anilines is 1. The summed E-state index contributed by atoms with van der Waals surface area (Å²) in [6.07, 6.45) is 2.56. The van der Waals surface area contributed by atoms with Crippen LogP contribution in [0.5, 0.6) is 0 Å². The van der Waals surface area contributed by atoms with Gasteiger partial charge >= 0.3 is 0 Å². The van der Waals surface area contributed by atoms with Gasteiger partial charge in [-0.1, -0.05) is 19.6 Å². The van der Waals surface area contributed by atoms with Gasteiger partial charge in [-0.05, 0) is 37.1 Å². The average Bonchev–Trinajstić information content (AvgIpc) is 3.36. The molecule has 0 N–H and O–H groups in total. The molecule has 0 bridgehead atoms. The molecule has 176 valence electrons. The normalized spacial score (nSPS) is 16.6. The molecular formula is C22H27F2N5O3Si. The summed E-state index contributed by atoms with van der Waals surface area (Å²) >= 11 is 0. The molecule has 3 aromatic rings. The van der Waals surface area contributed by atoms with Gasteiger partial charge in [-0.2, -0.15) is 5.10 Å². The topological polar surface area (TPSA) is 86.3 Å². The van der Waals surface area contributed by atoms with Crippen molar-refractivity contribution in [3.05, 3.63) is 57.8 Å². The van der Waals surface area contributed by atoms with Crippen LogP contribution in [0.4, 0.5) is 20.3 Å². The van der Waals surface area contributed by atoms with Crippen molar-refractivity contribution in [2.45, 2.75) is 51.3 Å². The SMILES string of the molecule is C[Si](C)(C)CCOCn1nc(N2CCC[C@@H]2c2cc(F)ccc2F)c2cc([N+](=O)[O-])cnc21. The number of hydrogen-bond donors (Lipinski definition) is 0. The number of ether oxygens (including phenoxy) is 1. The summed E-state index contributed by atoms with van der Waals surface area (Å²) in [7, 11) is -1.26. The van der Waals surface area contributed by atoms with Crippen molar-refractivity contribution >= 4 is 30.6 Å². The Morgan fingerprint density at radius 3 is 2.79 bits per heavy atom. The van der Waals surface area contributed by atoms with E-state index in [1.54, 1.807) is 4.68 Å². The minimum absolute atomic E-state index is 0.151. The van der Waals surface area contributed by atoms with Crippen molar-refractivity contribution in [1.82, 2.24) is 14.8 Å².